The molecule has 150 valence electrons. The number of ether oxygens (including phenoxy) is 2. The molecule has 0 radical (unpaired) electrons. The molecule has 0 saturated heterocycles. The normalized spacial score (nSPS) is 12.2. The van der Waals surface area contributed by atoms with Gasteiger partial charge in [0.15, 0.2) is 0 Å². The van der Waals surface area contributed by atoms with E-state index >= 15 is 0 Å². The third-order valence-corrected chi connectivity index (χ3v) is 3.84. The van der Waals surface area contributed by atoms with E-state index in [1.54, 1.807) is 52.1 Å². The molecule has 0 spiro atoms. The van der Waals surface area contributed by atoms with Crippen molar-refractivity contribution in [3.05, 3.63) is 65.7 Å². The molecule has 2 rings (SSSR count). The number of hydrogen-bond donors (Lipinski definition) is 1. The van der Waals surface area contributed by atoms with Gasteiger partial charge in [-0.1, -0.05) is 42.5 Å². The smallest absolute Gasteiger partial charge is 0.410 e. The van der Waals surface area contributed by atoms with Gasteiger partial charge < -0.3 is 19.5 Å². The average molecular weight is 385 g/mol. The number of nitrogens with zero attached hydrogens (tertiary/aromatic N) is 1. The van der Waals surface area contributed by atoms with Crippen LogP contribution >= 0.6 is 0 Å². The summed E-state index contributed by atoms with van der Waals surface area (Å²) < 4.78 is 10.6. The third kappa shape index (κ3) is 7.04. The molecule has 0 aliphatic heterocycles. The van der Waals surface area contributed by atoms with Crippen molar-refractivity contribution in [2.45, 2.75) is 38.9 Å². The Morgan fingerprint density at radius 1 is 1.04 bits per heavy atom. The van der Waals surface area contributed by atoms with Crippen LogP contribution in [0, 0.1) is 0 Å². The Balaban J connectivity index is 1.88. The topological polar surface area (TPSA) is 76.1 Å². The number of carbonyl (C=O) groups excluding carboxylic acids is 2. The standard InChI is InChI=1S/C22H27NO5/c1-22(2,3)28-21(26)23(4)15-19(24)17-10-12-18(13-11-17)27-20(25)14-16-8-6-5-7-9-16/h5-13,19,24H,14-15H2,1-4H3. The second-order valence-electron chi connectivity index (χ2n) is 7.58. The van der Waals surface area contributed by atoms with Gasteiger partial charge in [0.05, 0.1) is 19.1 Å². The van der Waals surface area contributed by atoms with Gasteiger partial charge in [-0.2, -0.15) is 0 Å². The molecule has 1 N–H and O–H groups in total. The average Bonchev–Trinajstić information content (AvgIpc) is 2.61. The van der Waals surface area contributed by atoms with E-state index in [9.17, 15) is 14.7 Å². The van der Waals surface area contributed by atoms with Crippen molar-refractivity contribution in [1.82, 2.24) is 4.90 Å². The number of esters is 1. The highest BCUT2D eigenvalue weighted by atomic mass is 16.6. The number of benzene rings is 2. The summed E-state index contributed by atoms with van der Waals surface area (Å²) in [7, 11) is 1.57. The minimum atomic E-state index is -0.883. The quantitative estimate of drug-likeness (QED) is 0.606. The summed E-state index contributed by atoms with van der Waals surface area (Å²) in [5.74, 6) is 0.0431. The van der Waals surface area contributed by atoms with Crippen LogP contribution in [0.2, 0.25) is 0 Å². The molecular formula is C22H27NO5. The lowest BCUT2D eigenvalue weighted by Crippen LogP contribution is -2.36. The van der Waals surface area contributed by atoms with E-state index in [0.29, 0.717) is 11.3 Å². The number of hydrogen-bond acceptors (Lipinski definition) is 5. The zero-order chi connectivity index (χ0) is 20.7. The Bertz CT molecular complexity index is 781. The maximum atomic E-state index is 12.0. The molecule has 6 nitrogen and oxygen atoms in total. The summed E-state index contributed by atoms with van der Waals surface area (Å²) in [5.41, 5.74) is 0.893. The third-order valence-electron chi connectivity index (χ3n) is 3.84. The maximum absolute atomic E-state index is 12.0. The van der Waals surface area contributed by atoms with E-state index in [1.165, 1.54) is 4.90 Å². The molecule has 6 heteroatoms. The van der Waals surface area contributed by atoms with Crippen LogP contribution in [0.15, 0.2) is 54.6 Å². The monoisotopic (exact) mass is 385 g/mol. The molecule has 28 heavy (non-hydrogen) atoms. The Morgan fingerprint density at radius 2 is 1.64 bits per heavy atom. The Labute approximate surface area is 165 Å². The molecule has 0 saturated carbocycles. The van der Waals surface area contributed by atoms with Gasteiger partial charge in [0.1, 0.15) is 11.4 Å². The number of carbonyl (C=O) groups is 2. The van der Waals surface area contributed by atoms with Crippen LogP contribution in [0.3, 0.4) is 0 Å². The largest absolute Gasteiger partial charge is 0.444 e. The number of aliphatic hydroxyl groups excluding tert-OH is 1. The predicted octanol–water partition coefficient (Wildman–Crippen LogP) is 3.74. The van der Waals surface area contributed by atoms with Gasteiger partial charge in [-0.05, 0) is 44.0 Å². The number of amides is 1. The van der Waals surface area contributed by atoms with Crippen molar-refractivity contribution in [2.24, 2.45) is 0 Å². The molecule has 0 fully saturated rings. The summed E-state index contributed by atoms with van der Waals surface area (Å²) in [6.45, 7) is 5.44. The fourth-order valence-corrected chi connectivity index (χ4v) is 2.47. The van der Waals surface area contributed by atoms with E-state index in [4.69, 9.17) is 9.47 Å². The number of likely N-dealkylation sites (N-methyl/N-ethyl adjacent to an activating group) is 1. The van der Waals surface area contributed by atoms with Crippen molar-refractivity contribution in [3.8, 4) is 5.75 Å². The van der Waals surface area contributed by atoms with Gasteiger partial charge in [0.2, 0.25) is 0 Å². The zero-order valence-corrected chi connectivity index (χ0v) is 16.7. The molecule has 1 amide bonds. The Hall–Kier alpha value is -2.86. The molecule has 1 atom stereocenters. The minimum Gasteiger partial charge on any atom is -0.444 e. The molecule has 2 aromatic carbocycles. The minimum absolute atomic E-state index is 0.0854. The van der Waals surface area contributed by atoms with Gasteiger partial charge in [-0.15, -0.1) is 0 Å². The summed E-state index contributed by atoms with van der Waals surface area (Å²) in [5, 5.41) is 10.3. The van der Waals surface area contributed by atoms with Crippen molar-refractivity contribution in [3.63, 3.8) is 0 Å². The molecule has 0 bridgehead atoms. The molecule has 0 aliphatic rings. The van der Waals surface area contributed by atoms with Crippen LogP contribution in [0.1, 0.15) is 38.0 Å². The molecule has 1 unspecified atom stereocenters. The van der Waals surface area contributed by atoms with Crippen LogP contribution in [0.25, 0.3) is 0 Å². The number of aliphatic hydroxyl groups is 1. The maximum Gasteiger partial charge on any atom is 0.410 e. The molecule has 2 aromatic rings. The molecule has 0 aliphatic carbocycles. The van der Waals surface area contributed by atoms with E-state index in [2.05, 4.69) is 0 Å². The summed E-state index contributed by atoms with van der Waals surface area (Å²) >= 11 is 0. The van der Waals surface area contributed by atoms with E-state index in [-0.39, 0.29) is 18.9 Å². The highest BCUT2D eigenvalue weighted by Crippen LogP contribution is 2.20. The van der Waals surface area contributed by atoms with Crippen LogP contribution in [0.5, 0.6) is 5.75 Å². The lowest BCUT2D eigenvalue weighted by Gasteiger charge is -2.26. The van der Waals surface area contributed by atoms with Gasteiger partial charge in [0, 0.05) is 7.05 Å². The second-order valence-corrected chi connectivity index (χ2v) is 7.58. The van der Waals surface area contributed by atoms with Gasteiger partial charge >= 0.3 is 12.1 Å². The first-order valence-corrected chi connectivity index (χ1v) is 9.11. The van der Waals surface area contributed by atoms with E-state index in [0.717, 1.165) is 5.56 Å². The van der Waals surface area contributed by atoms with Crippen molar-refractivity contribution in [2.75, 3.05) is 13.6 Å². The first-order chi connectivity index (χ1) is 13.1. The SMILES string of the molecule is CN(CC(O)c1ccc(OC(=O)Cc2ccccc2)cc1)C(=O)OC(C)(C)C. The van der Waals surface area contributed by atoms with Gasteiger partial charge in [0.25, 0.3) is 0 Å². The van der Waals surface area contributed by atoms with Crippen LogP contribution in [-0.2, 0) is 16.0 Å². The van der Waals surface area contributed by atoms with E-state index in [1.807, 2.05) is 30.3 Å². The lowest BCUT2D eigenvalue weighted by molar-refractivity contribution is -0.133. The van der Waals surface area contributed by atoms with Crippen LogP contribution in [-0.4, -0.2) is 41.3 Å². The summed E-state index contributed by atoms with van der Waals surface area (Å²) in [6, 6.07) is 15.9. The predicted molar refractivity (Wildman–Crippen MR) is 106 cm³/mol. The van der Waals surface area contributed by atoms with Gasteiger partial charge in [-0.3, -0.25) is 4.79 Å². The molecule has 0 heterocycles. The Morgan fingerprint density at radius 3 is 2.21 bits per heavy atom. The second kappa shape index (κ2) is 9.37. The Kier molecular flexibility index (Phi) is 7.18. The fraction of sp³-hybridized carbons (Fsp3) is 0.364. The summed E-state index contributed by atoms with van der Waals surface area (Å²) in [6.07, 6.45) is -1.20. The highest BCUT2D eigenvalue weighted by Gasteiger charge is 2.22. The zero-order valence-electron chi connectivity index (χ0n) is 16.7. The summed E-state index contributed by atoms with van der Waals surface area (Å²) in [4.78, 5) is 25.3. The first kappa shape index (κ1) is 21.4. The van der Waals surface area contributed by atoms with Crippen molar-refractivity contribution < 1.29 is 24.2 Å². The highest BCUT2D eigenvalue weighted by molar-refractivity contribution is 5.75. The number of rotatable bonds is 6. The molecule has 0 aromatic heterocycles. The molecular weight excluding hydrogens is 358 g/mol. The van der Waals surface area contributed by atoms with Crippen LogP contribution < -0.4 is 4.74 Å². The lowest BCUT2D eigenvalue weighted by atomic mass is 10.1. The first-order valence-electron chi connectivity index (χ1n) is 9.11. The van der Waals surface area contributed by atoms with Crippen LogP contribution in [0.4, 0.5) is 4.79 Å². The van der Waals surface area contributed by atoms with Crippen molar-refractivity contribution in [1.29, 1.82) is 0 Å². The fourth-order valence-electron chi connectivity index (χ4n) is 2.47. The van der Waals surface area contributed by atoms with Gasteiger partial charge in [-0.25, -0.2) is 4.79 Å². The van der Waals surface area contributed by atoms with Crippen molar-refractivity contribution >= 4 is 12.1 Å². The van der Waals surface area contributed by atoms with E-state index < -0.39 is 17.8 Å².